The molecule has 0 aliphatic heterocycles. The average Bonchev–Trinajstić information content (AvgIpc) is 2.82. The molecule has 1 aliphatic rings. The standard InChI is InChI=1S/C16H22ClFN2O.ClH/c1-16(2,13-6-4-11(18)8-14(13)17)9-20-15(21)10-3-5-12(19)7-10;/h4,6,8,10,12H,3,5,7,9,19H2,1-2H3,(H,20,21);1H. The van der Waals surface area contributed by atoms with Gasteiger partial charge >= 0.3 is 0 Å². The first-order valence-electron chi connectivity index (χ1n) is 7.28. The van der Waals surface area contributed by atoms with Crippen LogP contribution < -0.4 is 11.1 Å². The Balaban J connectivity index is 0.00000242. The summed E-state index contributed by atoms with van der Waals surface area (Å²) >= 11 is 6.11. The molecule has 2 rings (SSSR count). The molecule has 0 spiro atoms. The number of carbonyl (C=O) groups is 1. The molecule has 22 heavy (non-hydrogen) atoms. The number of rotatable bonds is 4. The normalized spacial score (nSPS) is 21.3. The van der Waals surface area contributed by atoms with Crippen molar-refractivity contribution in [1.29, 1.82) is 0 Å². The number of nitrogens with one attached hydrogen (secondary N) is 1. The average molecular weight is 349 g/mol. The summed E-state index contributed by atoms with van der Waals surface area (Å²) in [5, 5.41) is 3.37. The summed E-state index contributed by atoms with van der Waals surface area (Å²) in [5.41, 5.74) is 6.30. The van der Waals surface area contributed by atoms with E-state index >= 15 is 0 Å². The van der Waals surface area contributed by atoms with E-state index in [9.17, 15) is 9.18 Å². The molecular weight excluding hydrogens is 326 g/mol. The topological polar surface area (TPSA) is 55.1 Å². The van der Waals surface area contributed by atoms with E-state index in [1.807, 2.05) is 13.8 Å². The van der Waals surface area contributed by atoms with Crippen LogP contribution in [0.1, 0.15) is 38.7 Å². The largest absolute Gasteiger partial charge is 0.355 e. The minimum atomic E-state index is -0.360. The van der Waals surface area contributed by atoms with Gasteiger partial charge in [-0.05, 0) is 37.0 Å². The number of halogens is 3. The molecule has 1 fully saturated rings. The fourth-order valence-electron chi connectivity index (χ4n) is 2.84. The van der Waals surface area contributed by atoms with Gasteiger partial charge in [-0.2, -0.15) is 0 Å². The van der Waals surface area contributed by atoms with Crippen LogP contribution in [0.25, 0.3) is 0 Å². The van der Waals surface area contributed by atoms with Gasteiger partial charge in [-0.25, -0.2) is 4.39 Å². The number of benzene rings is 1. The van der Waals surface area contributed by atoms with E-state index in [1.54, 1.807) is 6.07 Å². The van der Waals surface area contributed by atoms with Gasteiger partial charge in [0.05, 0.1) is 0 Å². The minimum absolute atomic E-state index is 0. The van der Waals surface area contributed by atoms with E-state index in [0.29, 0.717) is 11.6 Å². The maximum absolute atomic E-state index is 13.1. The highest BCUT2D eigenvalue weighted by atomic mass is 35.5. The van der Waals surface area contributed by atoms with Crippen molar-refractivity contribution in [1.82, 2.24) is 5.32 Å². The molecule has 3 nitrogen and oxygen atoms in total. The van der Waals surface area contributed by atoms with Crippen LogP contribution in [0.5, 0.6) is 0 Å². The lowest BCUT2D eigenvalue weighted by Gasteiger charge is -2.27. The quantitative estimate of drug-likeness (QED) is 0.875. The highest BCUT2D eigenvalue weighted by Crippen LogP contribution is 2.30. The molecule has 124 valence electrons. The Kier molecular flexibility index (Phi) is 6.65. The first kappa shape index (κ1) is 19.2. The Hall–Kier alpha value is -0.840. The van der Waals surface area contributed by atoms with Crippen molar-refractivity contribution < 1.29 is 9.18 Å². The van der Waals surface area contributed by atoms with Gasteiger partial charge in [-0.15, -0.1) is 12.4 Å². The molecule has 0 aromatic heterocycles. The lowest BCUT2D eigenvalue weighted by atomic mass is 9.84. The molecule has 0 saturated heterocycles. The fourth-order valence-corrected chi connectivity index (χ4v) is 3.26. The molecule has 0 heterocycles. The van der Waals surface area contributed by atoms with Crippen molar-refractivity contribution in [3.05, 3.63) is 34.6 Å². The highest BCUT2D eigenvalue weighted by Gasteiger charge is 2.30. The Morgan fingerprint density at radius 1 is 1.45 bits per heavy atom. The van der Waals surface area contributed by atoms with Gasteiger partial charge in [0.1, 0.15) is 5.82 Å². The van der Waals surface area contributed by atoms with Gasteiger partial charge in [0.2, 0.25) is 5.91 Å². The molecule has 1 amide bonds. The van der Waals surface area contributed by atoms with Gasteiger partial charge in [0, 0.05) is 28.9 Å². The summed E-state index contributed by atoms with van der Waals surface area (Å²) in [4.78, 5) is 12.1. The van der Waals surface area contributed by atoms with Crippen LogP contribution in [0.15, 0.2) is 18.2 Å². The molecule has 2 unspecified atom stereocenters. The zero-order valence-corrected chi connectivity index (χ0v) is 14.4. The van der Waals surface area contributed by atoms with E-state index in [4.69, 9.17) is 17.3 Å². The summed E-state index contributed by atoms with van der Waals surface area (Å²) < 4.78 is 13.1. The van der Waals surface area contributed by atoms with Crippen molar-refractivity contribution >= 4 is 29.9 Å². The van der Waals surface area contributed by atoms with Gasteiger partial charge < -0.3 is 11.1 Å². The number of carbonyl (C=O) groups excluding carboxylic acids is 1. The predicted molar refractivity (Wildman–Crippen MR) is 90.0 cm³/mol. The maximum atomic E-state index is 13.1. The van der Waals surface area contributed by atoms with Crippen LogP contribution in [-0.4, -0.2) is 18.5 Å². The van der Waals surface area contributed by atoms with Crippen LogP contribution in [0.2, 0.25) is 5.02 Å². The first-order chi connectivity index (χ1) is 9.79. The van der Waals surface area contributed by atoms with Crippen LogP contribution >= 0.6 is 24.0 Å². The smallest absolute Gasteiger partial charge is 0.223 e. The SMILES string of the molecule is CC(C)(CNC(=O)C1CCC(N)C1)c1ccc(F)cc1Cl.Cl. The van der Waals surface area contributed by atoms with Crippen LogP contribution in [0.4, 0.5) is 4.39 Å². The van der Waals surface area contributed by atoms with Crippen LogP contribution in [0.3, 0.4) is 0 Å². The molecule has 0 bridgehead atoms. The van der Waals surface area contributed by atoms with E-state index in [-0.39, 0.29) is 41.5 Å². The second-order valence-electron chi connectivity index (χ2n) is 6.50. The number of hydrogen-bond acceptors (Lipinski definition) is 2. The van der Waals surface area contributed by atoms with E-state index in [2.05, 4.69) is 5.32 Å². The van der Waals surface area contributed by atoms with Gasteiger partial charge in [-0.3, -0.25) is 4.79 Å². The minimum Gasteiger partial charge on any atom is -0.355 e. The third kappa shape index (κ3) is 4.58. The van der Waals surface area contributed by atoms with Gasteiger partial charge in [0.15, 0.2) is 0 Å². The maximum Gasteiger partial charge on any atom is 0.223 e. The Labute approximate surface area is 142 Å². The van der Waals surface area contributed by atoms with Crippen molar-refractivity contribution in [2.45, 2.75) is 44.6 Å². The molecule has 1 aromatic carbocycles. The van der Waals surface area contributed by atoms with E-state index in [1.165, 1.54) is 12.1 Å². The number of nitrogens with two attached hydrogens (primary N) is 1. The fraction of sp³-hybridized carbons (Fsp3) is 0.562. The van der Waals surface area contributed by atoms with Crippen molar-refractivity contribution in [3.63, 3.8) is 0 Å². The molecule has 3 N–H and O–H groups in total. The molecule has 6 heteroatoms. The summed E-state index contributed by atoms with van der Waals surface area (Å²) in [6, 6.07) is 4.51. The third-order valence-corrected chi connectivity index (χ3v) is 4.52. The van der Waals surface area contributed by atoms with Gasteiger partial charge in [0.25, 0.3) is 0 Å². The predicted octanol–water partition coefficient (Wildman–Crippen LogP) is 3.42. The van der Waals surface area contributed by atoms with Crippen LogP contribution in [-0.2, 0) is 10.2 Å². The third-order valence-electron chi connectivity index (χ3n) is 4.21. The summed E-state index contributed by atoms with van der Waals surface area (Å²) in [7, 11) is 0. The summed E-state index contributed by atoms with van der Waals surface area (Å²) in [5.74, 6) is -0.294. The molecule has 0 radical (unpaired) electrons. The Morgan fingerprint density at radius 2 is 2.14 bits per heavy atom. The lowest BCUT2D eigenvalue weighted by Crippen LogP contribution is -2.39. The number of amides is 1. The Bertz CT molecular complexity index is 537. The van der Waals surface area contributed by atoms with Crippen molar-refractivity contribution in [2.24, 2.45) is 11.7 Å². The summed E-state index contributed by atoms with van der Waals surface area (Å²) in [6.07, 6.45) is 2.51. The zero-order chi connectivity index (χ0) is 15.6. The van der Waals surface area contributed by atoms with Gasteiger partial charge in [-0.1, -0.05) is 31.5 Å². The second-order valence-corrected chi connectivity index (χ2v) is 6.90. The molecule has 1 saturated carbocycles. The van der Waals surface area contributed by atoms with Crippen molar-refractivity contribution in [3.8, 4) is 0 Å². The Morgan fingerprint density at radius 3 is 2.68 bits per heavy atom. The number of hydrogen-bond donors (Lipinski definition) is 2. The van der Waals surface area contributed by atoms with Crippen molar-refractivity contribution in [2.75, 3.05) is 6.54 Å². The van der Waals surface area contributed by atoms with E-state index < -0.39 is 0 Å². The molecule has 1 aromatic rings. The first-order valence-corrected chi connectivity index (χ1v) is 7.66. The molecular formula is C16H23Cl2FN2O. The molecule has 1 aliphatic carbocycles. The summed E-state index contributed by atoms with van der Waals surface area (Å²) in [6.45, 7) is 4.42. The lowest BCUT2D eigenvalue weighted by molar-refractivity contribution is -0.125. The highest BCUT2D eigenvalue weighted by molar-refractivity contribution is 6.31. The molecule has 2 atom stereocenters. The second kappa shape index (κ2) is 7.62. The van der Waals surface area contributed by atoms with Crippen LogP contribution in [0, 0.1) is 11.7 Å². The zero-order valence-electron chi connectivity index (χ0n) is 12.9. The monoisotopic (exact) mass is 348 g/mol. The van der Waals surface area contributed by atoms with E-state index in [0.717, 1.165) is 24.8 Å².